The molecule has 0 spiro atoms. The Labute approximate surface area is 134 Å². The van der Waals surface area contributed by atoms with Crippen LogP contribution in [0.2, 0.25) is 0 Å². The van der Waals surface area contributed by atoms with Gasteiger partial charge in [-0.3, -0.25) is 4.79 Å². The minimum atomic E-state index is -3.78. The van der Waals surface area contributed by atoms with Gasteiger partial charge in [-0.05, 0) is 36.6 Å². The number of carbonyl (C=O) groups is 1. The summed E-state index contributed by atoms with van der Waals surface area (Å²) in [5, 5.41) is 0. The molecule has 0 bridgehead atoms. The van der Waals surface area contributed by atoms with Crippen molar-refractivity contribution in [2.24, 2.45) is 5.92 Å². The largest absolute Gasteiger partial charge is 0.468 e. The van der Waals surface area contributed by atoms with Crippen molar-refractivity contribution in [1.29, 1.82) is 0 Å². The number of hydrogen-bond donors (Lipinski definition) is 1. The van der Waals surface area contributed by atoms with Crippen LogP contribution in [-0.4, -0.2) is 27.5 Å². The second-order valence-corrected chi connectivity index (χ2v) is 7.49. The number of methoxy groups -OCH3 is 1. The Bertz CT molecular complexity index is 615. The average Bonchev–Trinajstić information content (AvgIpc) is 2.45. The summed E-state index contributed by atoms with van der Waals surface area (Å²) in [5.41, 5.74) is 0.802. The van der Waals surface area contributed by atoms with Gasteiger partial charge < -0.3 is 4.74 Å². The highest BCUT2D eigenvalue weighted by atomic mass is 79.9. The number of carbonyl (C=O) groups excluding carboxylic acids is 1. The van der Waals surface area contributed by atoms with Gasteiger partial charge in [-0.2, -0.15) is 4.72 Å². The minimum absolute atomic E-state index is 0.125. The van der Waals surface area contributed by atoms with E-state index in [-0.39, 0.29) is 10.8 Å². The molecular formula is C14H20BrNO4S. The molecule has 0 saturated heterocycles. The summed E-state index contributed by atoms with van der Waals surface area (Å²) in [4.78, 5) is 11.9. The van der Waals surface area contributed by atoms with Crippen LogP contribution in [0.4, 0.5) is 0 Å². The normalized spacial score (nSPS) is 14.5. The smallest absolute Gasteiger partial charge is 0.324 e. The van der Waals surface area contributed by atoms with Crippen molar-refractivity contribution in [3.8, 4) is 0 Å². The third kappa shape index (κ3) is 4.52. The van der Waals surface area contributed by atoms with Crippen molar-refractivity contribution in [3.05, 3.63) is 28.2 Å². The van der Waals surface area contributed by atoms with Crippen LogP contribution >= 0.6 is 15.9 Å². The predicted molar refractivity (Wildman–Crippen MR) is 84.5 cm³/mol. The van der Waals surface area contributed by atoms with E-state index in [1.807, 2.05) is 6.92 Å². The van der Waals surface area contributed by atoms with Crippen LogP contribution in [0.1, 0.15) is 25.8 Å². The van der Waals surface area contributed by atoms with Crippen LogP contribution in [0.25, 0.3) is 0 Å². The Kier molecular flexibility index (Phi) is 6.37. The maximum Gasteiger partial charge on any atom is 0.324 e. The van der Waals surface area contributed by atoms with Crippen LogP contribution < -0.4 is 4.72 Å². The van der Waals surface area contributed by atoms with E-state index >= 15 is 0 Å². The molecule has 0 aliphatic heterocycles. The topological polar surface area (TPSA) is 72.5 Å². The number of esters is 1. The maximum absolute atomic E-state index is 12.4. The zero-order valence-electron chi connectivity index (χ0n) is 12.5. The van der Waals surface area contributed by atoms with Crippen LogP contribution in [0.3, 0.4) is 0 Å². The number of aryl methyl sites for hydroxylation is 1. The zero-order chi connectivity index (χ0) is 16.2. The Morgan fingerprint density at radius 2 is 2.05 bits per heavy atom. The van der Waals surface area contributed by atoms with Crippen molar-refractivity contribution in [2.75, 3.05) is 7.11 Å². The van der Waals surface area contributed by atoms with E-state index in [9.17, 15) is 13.2 Å². The first-order valence-corrected chi connectivity index (χ1v) is 8.86. The van der Waals surface area contributed by atoms with Gasteiger partial charge >= 0.3 is 5.97 Å². The van der Waals surface area contributed by atoms with Gasteiger partial charge in [0.1, 0.15) is 6.04 Å². The van der Waals surface area contributed by atoms with Gasteiger partial charge in [0.2, 0.25) is 10.0 Å². The Morgan fingerprint density at radius 3 is 2.52 bits per heavy atom. The fourth-order valence-electron chi connectivity index (χ4n) is 1.78. The lowest BCUT2D eigenvalue weighted by Gasteiger charge is -2.21. The monoisotopic (exact) mass is 377 g/mol. The second-order valence-electron chi connectivity index (χ2n) is 4.92. The highest BCUT2D eigenvalue weighted by Gasteiger charge is 2.30. The molecule has 2 atom stereocenters. The van der Waals surface area contributed by atoms with Crippen molar-refractivity contribution in [2.45, 2.75) is 38.1 Å². The molecule has 0 heterocycles. The van der Waals surface area contributed by atoms with E-state index in [1.54, 1.807) is 26.0 Å². The summed E-state index contributed by atoms with van der Waals surface area (Å²) in [6.45, 7) is 5.49. The van der Waals surface area contributed by atoms with E-state index in [0.717, 1.165) is 10.0 Å². The molecule has 7 heteroatoms. The molecule has 1 rings (SSSR count). The molecule has 0 saturated carbocycles. The van der Waals surface area contributed by atoms with Gasteiger partial charge in [0.05, 0.1) is 12.0 Å². The minimum Gasteiger partial charge on any atom is -0.468 e. The van der Waals surface area contributed by atoms with Gasteiger partial charge in [-0.15, -0.1) is 0 Å². The predicted octanol–water partition coefficient (Wildman–Crippen LogP) is 2.62. The molecule has 0 aromatic heterocycles. The summed E-state index contributed by atoms with van der Waals surface area (Å²) in [6, 6.07) is 3.82. The summed E-state index contributed by atoms with van der Waals surface area (Å²) in [5.74, 6) is -0.745. The van der Waals surface area contributed by atoms with Crippen LogP contribution in [0, 0.1) is 12.8 Å². The van der Waals surface area contributed by atoms with Crippen molar-refractivity contribution in [3.63, 3.8) is 0 Å². The number of rotatable bonds is 6. The van der Waals surface area contributed by atoms with Crippen LogP contribution in [-0.2, 0) is 19.6 Å². The van der Waals surface area contributed by atoms with E-state index in [4.69, 9.17) is 0 Å². The Balaban J connectivity index is 3.11. The van der Waals surface area contributed by atoms with Gasteiger partial charge in [-0.1, -0.05) is 36.2 Å². The molecule has 21 heavy (non-hydrogen) atoms. The number of ether oxygens (including phenoxy) is 1. The molecule has 0 unspecified atom stereocenters. The Hall–Kier alpha value is -0.920. The van der Waals surface area contributed by atoms with Crippen molar-refractivity contribution < 1.29 is 17.9 Å². The van der Waals surface area contributed by atoms with Crippen LogP contribution in [0.5, 0.6) is 0 Å². The highest BCUT2D eigenvalue weighted by molar-refractivity contribution is 9.10. The lowest BCUT2D eigenvalue weighted by molar-refractivity contribution is -0.143. The average molecular weight is 378 g/mol. The van der Waals surface area contributed by atoms with Gasteiger partial charge in [0.25, 0.3) is 0 Å². The highest BCUT2D eigenvalue weighted by Crippen LogP contribution is 2.21. The van der Waals surface area contributed by atoms with Crippen molar-refractivity contribution in [1.82, 2.24) is 4.72 Å². The molecule has 0 fully saturated rings. The quantitative estimate of drug-likeness (QED) is 0.773. The first-order valence-electron chi connectivity index (χ1n) is 6.59. The number of hydrogen-bond acceptors (Lipinski definition) is 4. The zero-order valence-corrected chi connectivity index (χ0v) is 14.9. The number of sulfonamides is 1. The molecule has 0 aliphatic carbocycles. The molecule has 5 nitrogen and oxygen atoms in total. The lowest BCUT2D eigenvalue weighted by atomic mass is 10.0. The summed E-state index contributed by atoms with van der Waals surface area (Å²) >= 11 is 3.33. The van der Waals surface area contributed by atoms with Gasteiger partial charge in [-0.25, -0.2) is 8.42 Å². The van der Waals surface area contributed by atoms with E-state index in [2.05, 4.69) is 25.4 Å². The second kappa shape index (κ2) is 7.38. The molecule has 0 aliphatic rings. The summed E-state index contributed by atoms with van der Waals surface area (Å²) in [7, 11) is -2.53. The third-order valence-electron chi connectivity index (χ3n) is 3.39. The maximum atomic E-state index is 12.4. The van der Waals surface area contributed by atoms with E-state index in [1.165, 1.54) is 13.2 Å². The Morgan fingerprint density at radius 1 is 1.43 bits per heavy atom. The number of halogens is 1. The molecule has 1 aromatic rings. The fraction of sp³-hybridized carbons (Fsp3) is 0.500. The summed E-state index contributed by atoms with van der Waals surface area (Å²) in [6.07, 6.45) is 0.654. The molecule has 1 aromatic carbocycles. The summed E-state index contributed by atoms with van der Waals surface area (Å²) < 4.78 is 32.8. The first-order chi connectivity index (χ1) is 9.72. The van der Waals surface area contributed by atoms with E-state index in [0.29, 0.717) is 6.42 Å². The lowest BCUT2D eigenvalue weighted by Crippen LogP contribution is -2.45. The number of benzene rings is 1. The molecule has 1 N–H and O–H groups in total. The first kappa shape index (κ1) is 18.1. The van der Waals surface area contributed by atoms with E-state index < -0.39 is 22.0 Å². The molecule has 118 valence electrons. The fourth-order valence-corrected chi connectivity index (χ4v) is 3.40. The third-order valence-corrected chi connectivity index (χ3v) is 5.72. The SMILES string of the molecule is CC[C@H](C)[C@@H](NS(=O)(=O)c1ccc(Br)c(C)c1)C(=O)OC. The molecule has 0 amide bonds. The molecule has 0 radical (unpaired) electrons. The van der Waals surface area contributed by atoms with Crippen LogP contribution in [0.15, 0.2) is 27.6 Å². The van der Waals surface area contributed by atoms with Gasteiger partial charge in [0.15, 0.2) is 0 Å². The standard InChI is InChI=1S/C14H20BrNO4S/c1-5-9(2)13(14(17)20-4)16-21(18,19)11-6-7-12(15)10(3)8-11/h6-9,13,16H,5H2,1-4H3/t9-,13+/m0/s1. The van der Waals surface area contributed by atoms with Gasteiger partial charge in [0, 0.05) is 4.47 Å². The van der Waals surface area contributed by atoms with Crippen molar-refractivity contribution >= 4 is 31.9 Å². The molecular weight excluding hydrogens is 358 g/mol. The number of nitrogens with one attached hydrogen (secondary N) is 1.